The minimum atomic E-state index is 0.121. The normalized spacial score (nSPS) is 26.6. The van der Waals surface area contributed by atoms with Crippen molar-refractivity contribution >= 4 is 0 Å². The predicted molar refractivity (Wildman–Crippen MR) is 80.4 cm³/mol. The Kier molecular flexibility index (Phi) is 4.66. The fraction of sp³-hybridized carbons (Fsp3) is 0.750. The van der Waals surface area contributed by atoms with Crippen LogP contribution in [-0.2, 0) is 0 Å². The first-order chi connectivity index (χ1) is 8.27. The summed E-state index contributed by atoms with van der Waals surface area (Å²) in [5.41, 5.74) is 7.71. The van der Waals surface area contributed by atoms with Crippen LogP contribution in [0.2, 0.25) is 0 Å². The van der Waals surface area contributed by atoms with Crippen LogP contribution in [-0.4, -0.2) is 22.0 Å². The van der Waals surface area contributed by atoms with Crippen LogP contribution in [0, 0.1) is 0 Å². The van der Waals surface area contributed by atoms with Crippen LogP contribution in [0.3, 0.4) is 0 Å². The van der Waals surface area contributed by atoms with Crippen LogP contribution in [0.1, 0.15) is 60.3 Å². The molecule has 1 rings (SSSR count). The quantitative estimate of drug-likeness (QED) is 0.768. The van der Waals surface area contributed by atoms with Crippen molar-refractivity contribution in [3.63, 3.8) is 0 Å². The lowest BCUT2D eigenvalue weighted by molar-refractivity contribution is -0.0190. The molecule has 2 heteroatoms. The Hall–Kier alpha value is -0.760. The first kappa shape index (κ1) is 15.3. The third kappa shape index (κ3) is 2.97. The van der Waals surface area contributed by atoms with Crippen molar-refractivity contribution in [2.75, 3.05) is 0 Å². The van der Waals surface area contributed by atoms with E-state index in [2.05, 4.69) is 51.4 Å². The van der Waals surface area contributed by atoms with Gasteiger partial charge in [0, 0.05) is 23.3 Å². The fourth-order valence-electron chi connectivity index (χ4n) is 3.48. The Labute approximate surface area is 113 Å². The van der Waals surface area contributed by atoms with E-state index in [0.29, 0.717) is 6.04 Å². The lowest BCUT2D eigenvalue weighted by atomic mass is 9.73. The molecule has 0 aromatic rings. The van der Waals surface area contributed by atoms with Crippen LogP contribution in [0.25, 0.3) is 0 Å². The van der Waals surface area contributed by atoms with E-state index in [-0.39, 0.29) is 11.1 Å². The maximum absolute atomic E-state index is 6.29. The fourth-order valence-corrected chi connectivity index (χ4v) is 3.48. The summed E-state index contributed by atoms with van der Waals surface area (Å²) >= 11 is 0. The largest absolute Gasteiger partial charge is 0.367 e. The van der Waals surface area contributed by atoms with Crippen molar-refractivity contribution in [2.45, 2.75) is 77.4 Å². The lowest BCUT2D eigenvalue weighted by Gasteiger charge is -2.57. The van der Waals surface area contributed by atoms with Crippen LogP contribution in [0.5, 0.6) is 0 Å². The van der Waals surface area contributed by atoms with Crippen LogP contribution in [0.4, 0.5) is 0 Å². The molecule has 0 amide bonds. The molecule has 0 aromatic carbocycles. The number of nitrogens with zero attached hydrogens (tertiary/aromatic N) is 1. The van der Waals surface area contributed by atoms with E-state index in [0.717, 1.165) is 31.3 Å². The molecule has 1 saturated heterocycles. The van der Waals surface area contributed by atoms with Gasteiger partial charge in [0.05, 0.1) is 0 Å². The van der Waals surface area contributed by atoms with Crippen molar-refractivity contribution in [3.05, 3.63) is 24.4 Å². The van der Waals surface area contributed by atoms with Gasteiger partial charge >= 0.3 is 0 Å². The second kappa shape index (κ2) is 5.48. The third-order valence-corrected chi connectivity index (χ3v) is 4.39. The van der Waals surface area contributed by atoms with Crippen molar-refractivity contribution in [1.82, 2.24) is 4.90 Å². The highest BCUT2D eigenvalue weighted by Crippen LogP contribution is 2.42. The molecule has 0 bridgehead atoms. The van der Waals surface area contributed by atoms with E-state index < -0.39 is 0 Å². The van der Waals surface area contributed by atoms with Gasteiger partial charge in [-0.15, -0.1) is 0 Å². The maximum atomic E-state index is 6.29. The SMILES string of the molecule is C=C(C)C=CN1C(C)(C)CC(N)CC1(CC)CC. The summed E-state index contributed by atoms with van der Waals surface area (Å²) in [5.74, 6) is 0. The van der Waals surface area contributed by atoms with Gasteiger partial charge in [-0.2, -0.15) is 0 Å². The number of hydrogen-bond acceptors (Lipinski definition) is 2. The topological polar surface area (TPSA) is 29.3 Å². The van der Waals surface area contributed by atoms with Gasteiger partial charge in [-0.25, -0.2) is 0 Å². The van der Waals surface area contributed by atoms with E-state index in [4.69, 9.17) is 5.73 Å². The monoisotopic (exact) mass is 250 g/mol. The van der Waals surface area contributed by atoms with Crippen molar-refractivity contribution < 1.29 is 0 Å². The Morgan fingerprint density at radius 2 is 1.89 bits per heavy atom. The summed E-state index contributed by atoms with van der Waals surface area (Å²) < 4.78 is 0. The molecular weight excluding hydrogens is 220 g/mol. The summed E-state index contributed by atoms with van der Waals surface area (Å²) in [6.45, 7) is 15.2. The molecule has 104 valence electrons. The molecule has 2 nitrogen and oxygen atoms in total. The molecule has 1 atom stereocenters. The molecule has 2 N–H and O–H groups in total. The summed E-state index contributed by atoms with van der Waals surface area (Å²) in [6.07, 6.45) is 8.78. The van der Waals surface area contributed by atoms with Gasteiger partial charge in [0.15, 0.2) is 0 Å². The third-order valence-electron chi connectivity index (χ3n) is 4.39. The maximum Gasteiger partial charge on any atom is 0.0411 e. The molecule has 1 aliphatic rings. The summed E-state index contributed by atoms with van der Waals surface area (Å²) in [6, 6.07) is 0.314. The summed E-state index contributed by atoms with van der Waals surface area (Å²) in [5, 5.41) is 0. The average molecular weight is 250 g/mol. The summed E-state index contributed by atoms with van der Waals surface area (Å²) in [4.78, 5) is 2.54. The molecule has 1 fully saturated rings. The van der Waals surface area contributed by atoms with Gasteiger partial charge in [-0.3, -0.25) is 0 Å². The Morgan fingerprint density at radius 1 is 1.33 bits per heavy atom. The van der Waals surface area contributed by atoms with Crippen LogP contribution in [0.15, 0.2) is 24.4 Å². The number of nitrogens with two attached hydrogens (primary N) is 1. The molecule has 0 aromatic heterocycles. The van der Waals surface area contributed by atoms with Crippen LogP contribution >= 0.6 is 0 Å². The molecule has 1 heterocycles. The van der Waals surface area contributed by atoms with Gasteiger partial charge < -0.3 is 10.6 Å². The highest BCUT2D eigenvalue weighted by Gasteiger charge is 2.45. The Morgan fingerprint density at radius 3 is 2.33 bits per heavy atom. The first-order valence-corrected chi connectivity index (χ1v) is 7.16. The standard InChI is InChI=1S/C16H30N2/c1-7-16(8-2)12-14(17)11-15(5,6)18(16)10-9-13(3)4/h9-10,14H,3,7-8,11-12,17H2,1-2,4-6H3. The van der Waals surface area contributed by atoms with E-state index in [1.54, 1.807) is 0 Å². The number of rotatable bonds is 4. The zero-order chi connectivity index (χ0) is 14.0. The first-order valence-electron chi connectivity index (χ1n) is 7.16. The molecule has 18 heavy (non-hydrogen) atoms. The summed E-state index contributed by atoms with van der Waals surface area (Å²) in [7, 11) is 0. The second-order valence-electron chi connectivity index (χ2n) is 6.44. The van der Waals surface area contributed by atoms with Crippen molar-refractivity contribution in [1.29, 1.82) is 0 Å². The average Bonchev–Trinajstić information content (AvgIpc) is 2.25. The second-order valence-corrected chi connectivity index (χ2v) is 6.44. The molecular formula is C16H30N2. The van der Waals surface area contributed by atoms with Crippen LogP contribution < -0.4 is 5.73 Å². The number of allylic oxidation sites excluding steroid dienone is 2. The van der Waals surface area contributed by atoms with Crippen molar-refractivity contribution in [2.24, 2.45) is 5.73 Å². The van der Waals surface area contributed by atoms with E-state index in [1.165, 1.54) is 0 Å². The predicted octanol–water partition coefficient (Wildman–Crippen LogP) is 3.84. The van der Waals surface area contributed by atoms with Gasteiger partial charge in [0.1, 0.15) is 0 Å². The highest BCUT2D eigenvalue weighted by atomic mass is 15.3. The van der Waals surface area contributed by atoms with Gasteiger partial charge in [0.25, 0.3) is 0 Å². The number of hydrogen-bond donors (Lipinski definition) is 1. The minimum absolute atomic E-state index is 0.121. The van der Waals surface area contributed by atoms with Crippen molar-refractivity contribution in [3.8, 4) is 0 Å². The Bertz CT molecular complexity index is 324. The molecule has 1 aliphatic heterocycles. The van der Waals surface area contributed by atoms with E-state index in [1.807, 2.05) is 6.92 Å². The number of likely N-dealkylation sites (tertiary alicyclic amines) is 1. The van der Waals surface area contributed by atoms with Gasteiger partial charge in [-0.05, 0) is 52.5 Å². The van der Waals surface area contributed by atoms with E-state index in [9.17, 15) is 0 Å². The Balaban J connectivity index is 3.13. The smallest absolute Gasteiger partial charge is 0.0411 e. The minimum Gasteiger partial charge on any atom is -0.367 e. The molecule has 0 aliphatic carbocycles. The van der Waals surface area contributed by atoms with Gasteiger partial charge in [-0.1, -0.05) is 26.0 Å². The highest BCUT2D eigenvalue weighted by molar-refractivity contribution is 5.16. The lowest BCUT2D eigenvalue weighted by Crippen LogP contribution is -2.63. The molecule has 1 unspecified atom stereocenters. The zero-order valence-electron chi connectivity index (χ0n) is 12.8. The van der Waals surface area contributed by atoms with E-state index >= 15 is 0 Å². The zero-order valence-corrected chi connectivity index (χ0v) is 12.8. The molecule has 0 radical (unpaired) electrons. The molecule has 0 spiro atoms. The molecule has 0 saturated carbocycles. The van der Waals surface area contributed by atoms with Gasteiger partial charge in [0.2, 0.25) is 0 Å². The number of piperidine rings is 1.